The van der Waals surface area contributed by atoms with E-state index in [0.717, 1.165) is 0 Å². The second kappa shape index (κ2) is 10.0. The Morgan fingerprint density at radius 2 is 2.11 bits per heavy atom. The van der Waals surface area contributed by atoms with Gasteiger partial charge in [-0.2, -0.15) is 0 Å². The third kappa shape index (κ3) is 4.02. The molecular formula is C25H28BrClN2O6. The van der Waals surface area contributed by atoms with Crippen molar-refractivity contribution in [1.29, 1.82) is 0 Å². The van der Waals surface area contributed by atoms with Gasteiger partial charge in [0.15, 0.2) is 0 Å². The summed E-state index contributed by atoms with van der Waals surface area (Å²) < 4.78 is 11.7. The van der Waals surface area contributed by atoms with Gasteiger partial charge in [0.2, 0.25) is 5.91 Å². The highest BCUT2D eigenvalue weighted by atomic mass is 79.9. The van der Waals surface area contributed by atoms with Crippen molar-refractivity contribution in [3.63, 3.8) is 0 Å². The summed E-state index contributed by atoms with van der Waals surface area (Å²) in [4.78, 5) is 43.7. The second-order valence-electron chi connectivity index (χ2n) is 9.05. The number of rotatable bonds is 9. The molecule has 1 spiro atoms. The molecule has 10 heteroatoms. The normalized spacial score (nSPS) is 31.7. The van der Waals surface area contributed by atoms with Crippen LogP contribution in [0.4, 0.5) is 5.69 Å². The number of aliphatic hydroxyl groups excluding tert-OH is 1. The minimum Gasteiger partial charge on any atom is -0.461 e. The van der Waals surface area contributed by atoms with Gasteiger partial charge in [0.1, 0.15) is 18.2 Å². The summed E-state index contributed by atoms with van der Waals surface area (Å²) in [6.07, 6.45) is 2.74. The van der Waals surface area contributed by atoms with Crippen LogP contribution in [0.3, 0.4) is 0 Å². The van der Waals surface area contributed by atoms with Crippen LogP contribution in [0.15, 0.2) is 49.6 Å². The number of alkyl halides is 1. The van der Waals surface area contributed by atoms with Crippen molar-refractivity contribution < 1.29 is 29.0 Å². The van der Waals surface area contributed by atoms with Gasteiger partial charge in [0.25, 0.3) is 5.91 Å². The SMILES string of the molecule is C=CCOC(=O)[C@H]1[C@@H]2OC3(CC2Br)C(C(=O)N(CC=C)c2ccccc2Cl)N([C@H](C)CO)C(=O)[C@H]13. The van der Waals surface area contributed by atoms with E-state index in [4.69, 9.17) is 21.1 Å². The third-order valence-corrected chi connectivity index (χ3v) is 8.20. The first-order valence-corrected chi connectivity index (χ1v) is 12.7. The first-order chi connectivity index (χ1) is 16.7. The molecule has 188 valence electrons. The van der Waals surface area contributed by atoms with Crippen molar-refractivity contribution >= 4 is 51.0 Å². The Morgan fingerprint density at radius 3 is 2.74 bits per heavy atom. The number of carbonyl (C=O) groups is 3. The number of ether oxygens (including phenoxy) is 2. The molecule has 1 N–H and O–H groups in total. The highest BCUT2D eigenvalue weighted by Crippen LogP contribution is 2.60. The molecule has 4 rings (SSSR count). The van der Waals surface area contributed by atoms with Crippen molar-refractivity contribution in [1.82, 2.24) is 4.90 Å². The Morgan fingerprint density at radius 1 is 1.40 bits per heavy atom. The lowest BCUT2D eigenvalue weighted by Crippen LogP contribution is -2.58. The highest BCUT2D eigenvalue weighted by molar-refractivity contribution is 9.09. The predicted molar refractivity (Wildman–Crippen MR) is 134 cm³/mol. The summed E-state index contributed by atoms with van der Waals surface area (Å²) in [6.45, 7) is 8.78. The van der Waals surface area contributed by atoms with E-state index in [1.807, 2.05) is 0 Å². The molecule has 3 unspecified atom stereocenters. The smallest absolute Gasteiger partial charge is 0.312 e. The number of hydrogen-bond acceptors (Lipinski definition) is 6. The number of nitrogens with zero attached hydrogens (tertiary/aromatic N) is 2. The molecule has 3 aliphatic rings. The fourth-order valence-electron chi connectivity index (χ4n) is 5.67. The van der Waals surface area contributed by atoms with Gasteiger partial charge >= 0.3 is 5.97 Å². The molecule has 0 aromatic heterocycles. The summed E-state index contributed by atoms with van der Waals surface area (Å²) in [6, 6.07) is 5.14. The van der Waals surface area contributed by atoms with Crippen LogP contribution in [0.2, 0.25) is 5.02 Å². The average molecular weight is 568 g/mol. The lowest BCUT2D eigenvalue weighted by atomic mass is 9.70. The monoisotopic (exact) mass is 566 g/mol. The van der Waals surface area contributed by atoms with E-state index in [-0.39, 0.29) is 24.6 Å². The van der Waals surface area contributed by atoms with Crippen LogP contribution in [0.5, 0.6) is 0 Å². The van der Waals surface area contributed by atoms with Crippen molar-refractivity contribution in [2.45, 2.75) is 42.0 Å². The van der Waals surface area contributed by atoms with Gasteiger partial charge in [0, 0.05) is 11.4 Å². The zero-order chi connectivity index (χ0) is 25.5. The summed E-state index contributed by atoms with van der Waals surface area (Å²) in [5.74, 6) is -3.21. The number of benzene rings is 1. The van der Waals surface area contributed by atoms with Crippen LogP contribution in [0, 0.1) is 11.8 Å². The van der Waals surface area contributed by atoms with Gasteiger partial charge in [-0.3, -0.25) is 14.4 Å². The Hall–Kier alpha value is -2.20. The quantitative estimate of drug-likeness (QED) is 0.280. The van der Waals surface area contributed by atoms with E-state index >= 15 is 0 Å². The summed E-state index contributed by atoms with van der Waals surface area (Å²) in [5.41, 5.74) is -0.803. The molecule has 2 amide bonds. The van der Waals surface area contributed by atoms with Gasteiger partial charge in [-0.15, -0.1) is 6.58 Å². The van der Waals surface area contributed by atoms with E-state index in [1.165, 1.54) is 15.9 Å². The van der Waals surface area contributed by atoms with Crippen molar-refractivity contribution in [2.24, 2.45) is 11.8 Å². The fraction of sp³-hybridized carbons (Fsp3) is 0.480. The molecule has 7 atom stereocenters. The molecule has 35 heavy (non-hydrogen) atoms. The average Bonchev–Trinajstić information content (AvgIpc) is 3.44. The lowest BCUT2D eigenvalue weighted by Gasteiger charge is -2.38. The molecule has 0 radical (unpaired) electrons. The Balaban J connectivity index is 1.82. The largest absolute Gasteiger partial charge is 0.461 e. The van der Waals surface area contributed by atoms with Gasteiger partial charge in [-0.1, -0.05) is 58.4 Å². The van der Waals surface area contributed by atoms with Crippen LogP contribution in [0.1, 0.15) is 13.3 Å². The molecule has 1 aromatic carbocycles. The predicted octanol–water partition coefficient (Wildman–Crippen LogP) is 2.72. The van der Waals surface area contributed by atoms with Gasteiger partial charge in [-0.05, 0) is 25.5 Å². The van der Waals surface area contributed by atoms with Crippen molar-refractivity contribution in [2.75, 3.05) is 24.7 Å². The van der Waals surface area contributed by atoms with Crippen LogP contribution >= 0.6 is 27.5 Å². The maximum absolute atomic E-state index is 14.3. The van der Waals surface area contributed by atoms with Crippen molar-refractivity contribution in [3.8, 4) is 0 Å². The molecular weight excluding hydrogens is 540 g/mol. The first kappa shape index (κ1) is 25.9. The molecule has 3 fully saturated rings. The molecule has 2 bridgehead atoms. The van der Waals surface area contributed by atoms with Gasteiger partial charge < -0.3 is 24.4 Å². The van der Waals surface area contributed by atoms with E-state index in [0.29, 0.717) is 17.1 Å². The van der Waals surface area contributed by atoms with Crippen LogP contribution < -0.4 is 4.90 Å². The maximum atomic E-state index is 14.3. The standard InChI is InChI=1S/C25H28BrClN2O6/c1-4-10-28(17-9-7-6-8-16(17)27)23(32)21-25-12-15(26)20(35-25)18(24(33)34-11-5-2)19(25)22(31)29(21)14(3)13-30/h4-9,14-15,18-21,30H,1-2,10-13H2,3H3/t14-,15?,18-,19+,20-,21?,25?/m1/s1. The Kier molecular flexibility index (Phi) is 7.43. The Labute approximate surface area is 217 Å². The topological polar surface area (TPSA) is 96.4 Å². The number of hydrogen-bond donors (Lipinski definition) is 1. The number of likely N-dealkylation sites (tertiary alicyclic amines) is 1. The number of aliphatic hydroxyl groups is 1. The minimum absolute atomic E-state index is 0.00164. The van der Waals surface area contributed by atoms with Gasteiger partial charge in [-0.25, -0.2) is 0 Å². The zero-order valence-corrected chi connectivity index (χ0v) is 21.7. The number of carbonyl (C=O) groups excluding carboxylic acids is 3. The van der Waals surface area contributed by atoms with E-state index in [2.05, 4.69) is 29.1 Å². The second-order valence-corrected chi connectivity index (χ2v) is 10.6. The third-order valence-electron chi connectivity index (χ3n) is 7.04. The number of para-hydroxylation sites is 1. The maximum Gasteiger partial charge on any atom is 0.312 e. The van der Waals surface area contributed by atoms with Crippen LogP contribution in [-0.4, -0.2) is 76.2 Å². The molecule has 8 nitrogen and oxygen atoms in total. The number of amides is 2. The van der Waals surface area contributed by atoms with Crippen molar-refractivity contribution in [3.05, 3.63) is 54.6 Å². The molecule has 0 aliphatic carbocycles. The number of esters is 1. The van der Waals surface area contributed by atoms with E-state index in [9.17, 15) is 19.5 Å². The summed E-state index contributed by atoms with van der Waals surface area (Å²) in [5, 5.41) is 10.3. The summed E-state index contributed by atoms with van der Waals surface area (Å²) in [7, 11) is 0. The molecule has 3 aliphatic heterocycles. The fourth-order valence-corrected chi connectivity index (χ4v) is 6.85. The molecule has 0 saturated carbocycles. The lowest BCUT2D eigenvalue weighted by molar-refractivity contribution is -0.154. The zero-order valence-electron chi connectivity index (χ0n) is 19.3. The first-order valence-electron chi connectivity index (χ1n) is 11.4. The van der Waals surface area contributed by atoms with Crippen LogP contribution in [0.25, 0.3) is 0 Å². The summed E-state index contributed by atoms with van der Waals surface area (Å²) >= 11 is 10.0. The number of halogens is 2. The minimum atomic E-state index is -1.27. The van der Waals surface area contributed by atoms with E-state index in [1.54, 1.807) is 37.3 Å². The molecule has 3 saturated heterocycles. The number of fused-ring (bicyclic) bond motifs is 1. The molecule has 3 heterocycles. The number of anilines is 1. The van der Waals surface area contributed by atoms with Gasteiger partial charge in [0.05, 0.1) is 41.3 Å². The molecule has 1 aromatic rings. The van der Waals surface area contributed by atoms with Crippen LogP contribution in [-0.2, 0) is 23.9 Å². The highest BCUT2D eigenvalue weighted by Gasteiger charge is 2.77. The van der Waals surface area contributed by atoms with E-state index < -0.39 is 53.4 Å². The Bertz CT molecular complexity index is 1050.